The summed E-state index contributed by atoms with van der Waals surface area (Å²) in [5.41, 5.74) is 2.75. The number of nitrogens with zero attached hydrogens (tertiary/aromatic N) is 2. The predicted octanol–water partition coefficient (Wildman–Crippen LogP) is 3.12. The number of carbonyl (C=O) groups is 1. The predicted molar refractivity (Wildman–Crippen MR) is 105 cm³/mol. The molecule has 0 aliphatic carbocycles. The van der Waals surface area contributed by atoms with Crippen LogP contribution >= 0.6 is 0 Å². The normalized spacial score (nSPS) is 12.9. The number of carbonyl (C=O) groups excluding carboxylic acids is 1. The Labute approximate surface area is 159 Å². The average molecular weight is 385 g/mol. The van der Waals surface area contributed by atoms with Crippen molar-refractivity contribution in [2.75, 3.05) is 13.3 Å². The summed E-state index contributed by atoms with van der Waals surface area (Å²) < 4.78 is 23.1. The second kappa shape index (κ2) is 7.52. The molecule has 1 amide bonds. The number of aromatic nitrogens is 2. The van der Waals surface area contributed by atoms with Gasteiger partial charge in [0.1, 0.15) is 5.82 Å². The van der Waals surface area contributed by atoms with E-state index in [1.807, 2.05) is 31.2 Å². The molecular weight excluding hydrogens is 362 g/mol. The Morgan fingerprint density at radius 3 is 2.44 bits per heavy atom. The van der Waals surface area contributed by atoms with E-state index in [4.69, 9.17) is 0 Å². The molecule has 0 fully saturated rings. The number of nitrogens with one attached hydrogen (secondary N) is 1. The Hall–Kier alpha value is -2.67. The van der Waals surface area contributed by atoms with Gasteiger partial charge in [-0.3, -0.25) is 4.79 Å². The molecule has 0 aliphatic heterocycles. The summed E-state index contributed by atoms with van der Waals surface area (Å²) in [5.74, 6) is 0.804. The number of amides is 1. The summed E-state index contributed by atoms with van der Waals surface area (Å²) in [6, 6.07) is 14.3. The fraction of sp³-hybridized carbons (Fsp3) is 0.300. The molecule has 7 heteroatoms. The number of H-pyrrole nitrogens is 1. The Bertz CT molecular complexity index is 1020. The molecule has 1 atom stereocenters. The second-order valence-corrected chi connectivity index (χ2v) is 8.74. The van der Waals surface area contributed by atoms with E-state index in [-0.39, 0.29) is 16.8 Å². The first-order chi connectivity index (χ1) is 12.8. The zero-order chi connectivity index (χ0) is 19.6. The van der Waals surface area contributed by atoms with E-state index in [1.165, 1.54) is 6.26 Å². The molecule has 0 saturated heterocycles. The summed E-state index contributed by atoms with van der Waals surface area (Å²) in [6.45, 7) is 1.93. The topological polar surface area (TPSA) is 83.1 Å². The van der Waals surface area contributed by atoms with Gasteiger partial charge in [-0.15, -0.1) is 0 Å². The molecule has 0 spiro atoms. The first-order valence-corrected chi connectivity index (χ1v) is 10.6. The Kier molecular flexibility index (Phi) is 5.32. The molecule has 27 heavy (non-hydrogen) atoms. The number of hydrogen-bond donors (Lipinski definition) is 1. The zero-order valence-corrected chi connectivity index (χ0v) is 16.5. The summed E-state index contributed by atoms with van der Waals surface area (Å²) in [7, 11) is -1.46. The number of imidazole rings is 1. The summed E-state index contributed by atoms with van der Waals surface area (Å²) in [6.07, 6.45) is 2.07. The lowest BCUT2D eigenvalue weighted by Crippen LogP contribution is -2.29. The van der Waals surface area contributed by atoms with E-state index in [1.54, 1.807) is 36.2 Å². The van der Waals surface area contributed by atoms with Crippen molar-refractivity contribution in [2.45, 2.75) is 30.7 Å². The molecule has 3 aromatic rings. The third-order valence-corrected chi connectivity index (χ3v) is 5.91. The molecular formula is C20H23N3O3S. The lowest BCUT2D eigenvalue weighted by Gasteiger charge is -2.25. The van der Waals surface area contributed by atoms with Crippen molar-refractivity contribution in [1.29, 1.82) is 0 Å². The number of aryl methyl sites for hydroxylation is 1. The van der Waals surface area contributed by atoms with Gasteiger partial charge in [0.05, 0.1) is 22.0 Å². The largest absolute Gasteiger partial charge is 0.342 e. The van der Waals surface area contributed by atoms with E-state index in [0.29, 0.717) is 12.8 Å². The van der Waals surface area contributed by atoms with Crippen molar-refractivity contribution in [3.05, 3.63) is 59.9 Å². The van der Waals surface area contributed by atoms with Crippen LogP contribution in [0.5, 0.6) is 0 Å². The van der Waals surface area contributed by atoms with Crippen molar-refractivity contribution in [2.24, 2.45) is 0 Å². The number of fused-ring (bicyclic) bond motifs is 1. The first-order valence-electron chi connectivity index (χ1n) is 8.75. The van der Waals surface area contributed by atoms with E-state index >= 15 is 0 Å². The quantitative estimate of drug-likeness (QED) is 0.707. The molecule has 0 aliphatic rings. The standard InChI is InChI=1S/C20H23N3O3S/c1-14(15-8-10-16(11-9-15)27(3,25)26)23(2)20(24)13-12-19-21-17-6-4-5-7-18(17)22-19/h4-11,14H,12-13H2,1-3H3,(H,21,22). The number of hydrogen-bond acceptors (Lipinski definition) is 4. The molecule has 6 nitrogen and oxygen atoms in total. The monoisotopic (exact) mass is 385 g/mol. The van der Waals surface area contributed by atoms with Crippen LogP contribution in [0.3, 0.4) is 0 Å². The molecule has 3 rings (SSSR count). The highest BCUT2D eigenvalue weighted by Crippen LogP contribution is 2.22. The van der Waals surface area contributed by atoms with Crippen molar-refractivity contribution >= 4 is 26.8 Å². The SMILES string of the molecule is CC(c1ccc(S(C)(=O)=O)cc1)N(C)C(=O)CCc1nc2ccccc2[nH]1. The lowest BCUT2D eigenvalue weighted by atomic mass is 10.1. The van der Waals surface area contributed by atoms with Gasteiger partial charge in [0, 0.05) is 26.1 Å². The van der Waals surface area contributed by atoms with Gasteiger partial charge < -0.3 is 9.88 Å². The highest BCUT2D eigenvalue weighted by Gasteiger charge is 2.18. The van der Waals surface area contributed by atoms with Crippen LogP contribution < -0.4 is 0 Å². The van der Waals surface area contributed by atoms with Crippen LogP contribution in [0.2, 0.25) is 0 Å². The van der Waals surface area contributed by atoms with E-state index in [0.717, 1.165) is 22.4 Å². The van der Waals surface area contributed by atoms with Crippen molar-refractivity contribution in [3.8, 4) is 0 Å². The van der Waals surface area contributed by atoms with Gasteiger partial charge in [0.2, 0.25) is 5.91 Å². The van der Waals surface area contributed by atoms with E-state index in [9.17, 15) is 13.2 Å². The summed E-state index contributed by atoms with van der Waals surface area (Å²) in [4.78, 5) is 22.2. The maximum Gasteiger partial charge on any atom is 0.223 e. The minimum atomic E-state index is -3.22. The van der Waals surface area contributed by atoms with Gasteiger partial charge in [-0.2, -0.15) is 0 Å². The Balaban J connectivity index is 1.63. The van der Waals surface area contributed by atoms with Gasteiger partial charge in [0.25, 0.3) is 0 Å². The molecule has 1 heterocycles. The van der Waals surface area contributed by atoms with Crippen LogP contribution in [-0.4, -0.2) is 42.5 Å². The molecule has 1 N–H and O–H groups in total. The van der Waals surface area contributed by atoms with E-state index < -0.39 is 9.84 Å². The number of benzene rings is 2. The van der Waals surface area contributed by atoms with Gasteiger partial charge in [-0.25, -0.2) is 13.4 Å². The van der Waals surface area contributed by atoms with Crippen LogP contribution in [0, 0.1) is 0 Å². The van der Waals surface area contributed by atoms with Gasteiger partial charge in [-0.05, 0) is 36.8 Å². The highest BCUT2D eigenvalue weighted by molar-refractivity contribution is 7.90. The molecule has 2 aromatic carbocycles. The fourth-order valence-corrected chi connectivity index (χ4v) is 3.59. The van der Waals surface area contributed by atoms with Crippen LogP contribution in [-0.2, 0) is 21.1 Å². The van der Waals surface area contributed by atoms with Crippen LogP contribution in [0.25, 0.3) is 11.0 Å². The van der Waals surface area contributed by atoms with Crippen molar-refractivity contribution in [1.82, 2.24) is 14.9 Å². The van der Waals surface area contributed by atoms with Gasteiger partial charge >= 0.3 is 0 Å². The average Bonchev–Trinajstić information content (AvgIpc) is 3.07. The highest BCUT2D eigenvalue weighted by atomic mass is 32.2. The number of rotatable bonds is 6. The minimum Gasteiger partial charge on any atom is -0.342 e. The number of para-hydroxylation sites is 2. The van der Waals surface area contributed by atoms with Gasteiger partial charge in [-0.1, -0.05) is 24.3 Å². The van der Waals surface area contributed by atoms with Crippen LogP contribution in [0.4, 0.5) is 0 Å². The van der Waals surface area contributed by atoms with E-state index in [2.05, 4.69) is 9.97 Å². The zero-order valence-electron chi connectivity index (χ0n) is 15.6. The molecule has 0 saturated carbocycles. The minimum absolute atomic E-state index is 0.00939. The Morgan fingerprint density at radius 1 is 1.15 bits per heavy atom. The van der Waals surface area contributed by atoms with Gasteiger partial charge in [0.15, 0.2) is 9.84 Å². The molecule has 0 radical (unpaired) electrons. The third kappa shape index (κ3) is 4.36. The molecule has 142 valence electrons. The number of aromatic amines is 1. The maximum absolute atomic E-state index is 12.6. The molecule has 1 aromatic heterocycles. The third-order valence-electron chi connectivity index (χ3n) is 4.78. The Morgan fingerprint density at radius 2 is 1.81 bits per heavy atom. The summed E-state index contributed by atoms with van der Waals surface area (Å²) >= 11 is 0. The van der Waals surface area contributed by atoms with Crippen molar-refractivity contribution < 1.29 is 13.2 Å². The van der Waals surface area contributed by atoms with Crippen molar-refractivity contribution in [3.63, 3.8) is 0 Å². The number of sulfone groups is 1. The molecule has 1 unspecified atom stereocenters. The maximum atomic E-state index is 12.6. The smallest absolute Gasteiger partial charge is 0.223 e. The molecule has 0 bridgehead atoms. The summed E-state index contributed by atoms with van der Waals surface area (Å²) in [5, 5.41) is 0. The second-order valence-electron chi connectivity index (χ2n) is 6.72. The van der Waals surface area contributed by atoms with Crippen LogP contribution in [0.15, 0.2) is 53.4 Å². The first kappa shape index (κ1) is 19.1. The fourth-order valence-electron chi connectivity index (χ4n) is 2.96. The van der Waals surface area contributed by atoms with Crippen LogP contribution in [0.1, 0.15) is 30.8 Å². The lowest BCUT2D eigenvalue weighted by molar-refractivity contribution is -0.131.